The van der Waals surface area contributed by atoms with E-state index in [0.717, 1.165) is 50.3 Å². The summed E-state index contributed by atoms with van der Waals surface area (Å²) in [7, 11) is 0. The van der Waals surface area contributed by atoms with Crippen LogP contribution in [0.5, 0.6) is 0 Å². The molecule has 1 fully saturated rings. The molecule has 1 nitrogen and oxygen atoms in total. The predicted octanol–water partition coefficient (Wildman–Crippen LogP) is 3.43. The van der Waals surface area contributed by atoms with E-state index in [4.69, 9.17) is 0 Å². The minimum absolute atomic E-state index is 0.0506. The van der Waals surface area contributed by atoms with Gasteiger partial charge in [-0.25, -0.2) is 8.78 Å². The van der Waals surface area contributed by atoms with Crippen LogP contribution in [0, 0.1) is 11.6 Å². The van der Waals surface area contributed by atoms with Crippen LogP contribution >= 0.6 is 0 Å². The van der Waals surface area contributed by atoms with Crippen molar-refractivity contribution in [1.29, 1.82) is 0 Å². The molecule has 1 heterocycles. The summed E-state index contributed by atoms with van der Waals surface area (Å²) >= 11 is 0. The highest BCUT2D eigenvalue weighted by Gasteiger charge is 2.32. The minimum Gasteiger partial charge on any atom is -0.311 e. The van der Waals surface area contributed by atoms with Gasteiger partial charge in [0.05, 0.1) is 0 Å². The maximum absolute atomic E-state index is 13.2. The van der Waals surface area contributed by atoms with Crippen LogP contribution in [0.3, 0.4) is 0 Å². The van der Waals surface area contributed by atoms with Gasteiger partial charge < -0.3 is 5.32 Å². The predicted molar refractivity (Wildman–Crippen MR) is 64.9 cm³/mol. The van der Waals surface area contributed by atoms with Crippen molar-refractivity contribution < 1.29 is 8.78 Å². The largest absolute Gasteiger partial charge is 0.311 e. The van der Waals surface area contributed by atoms with Crippen molar-refractivity contribution in [3.05, 3.63) is 35.4 Å². The van der Waals surface area contributed by atoms with Gasteiger partial charge >= 0.3 is 0 Å². The third kappa shape index (κ3) is 3.03. The second kappa shape index (κ2) is 5.13. The summed E-state index contributed by atoms with van der Waals surface area (Å²) in [6.45, 7) is 3.16. The molecule has 0 aliphatic carbocycles. The molecule has 0 radical (unpaired) electrons. The number of halogens is 2. The molecule has 0 amide bonds. The number of benzene rings is 1. The van der Waals surface area contributed by atoms with Gasteiger partial charge in [0, 0.05) is 11.6 Å². The monoisotopic (exact) mass is 239 g/mol. The zero-order valence-electron chi connectivity index (χ0n) is 10.2. The molecule has 2 rings (SSSR count). The fourth-order valence-corrected chi connectivity index (χ4v) is 2.90. The van der Waals surface area contributed by atoms with E-state index in [2.05, 4.69) is 12.2 Å². The summed E-state index contributed by atoms with van der Waals surface area (Å²) in [6, 6.07) is 3.82. The summed E-state index contributed by atoms with van der Waals surface area (Å²) in [5.41, 5.74) is 0.806. The van der Waals surface area contributed by atoms with Crippen LogP contribution in [-0.2, 0) is 6.42 Å². The summed E-state index contributed by atoms with van der Waals surface area (Å²) in [4.78, 5) is 0. The Morgan fingerprint density at radius 1 is 1.24 bits per heavy atom. The van der Waals surface area contributed by atoms with Gasteiger partial charge in [-0.1, -0.05) is 13.3 Å². The van der Waals surface area contributed by atoms with Crippen molar-refractivity contribution in [1.82, 2.24) is 5.32 Å². The molecule has 1 aliphatic rings. The lowest BCUT2D eigenvalue weighted by atomic mass is 9.85. The Kier molecular flexibility index (Phi) is 3.77. The van der Waals surface area contributed by atoms with Gasteiger partial charge in [0.1, 0.15) is 11.6 Å². The van der Waals surface area contributed by atoms with Crippen LogP contribution < -0.4 is 5.32 Å². The molecule has 1 unspecified atom stereocenters. The topological polar surface area (TPSA) is 12.0 Å². The SMILES string of the molecule is CCCC1(Cc2cc(F)cc(F)c2)CCCN1. The van der Waals surface area contributed by atoms with E-state index < -0.39 is 11.6 Å². The van der Waals surface area contributed by atoms with Crippen LogP contribution in [0.25, 0.3) is 0 Å². The second-order valence-corrected chi connectivity index (χ2v) is 5.02. The quantitative estimate of drug-likeness (QED) is 0.848. The molecule has 0 bridgehead atoms. The summed E-state index contributed by atoms with van der Waals surface area (Å²) in [5, 5.41) is 3.51. The number of hydrogen-bond donors (Lipinski definition) is 1. The lowest BCUT2D eigenvalue weighted by molar-refractivity contribution is 0.341. The van der Waals surface area contributed by atoms with E-state index in [1.165, 1.54) is 12.1 Å². The van der Waals surface area contributed by atoms with Crippen molar-refractivity contribution in [2.75, 3.05) is 6.54 Å². The maximum Gasteiger partial charge on any atom is 0.126 e. The highest BCUT2D eigenvalue weighted by molar-refractivity contribution is 5.21. The molecular formula is C14H19F2N. The van der Waals surface area contributed by atoms with E-state index in [0.29, 0.717) is 0 Å². The first-order chi connectivity index (χ1) is 8.13. The van der Waals surface area contributed by atoms with Gasteiger partial charge in [-0.05, 0) is 49.9 Å². The number of hydrogen-bond acceptors (Lipinski definition) is 1. The number of nitrogens with one attached hydrogen (secondary N) is 1. The van der Waals surface area contributed by atoms with Crippen molar-refractivity contribution in [2.45, 2.75) is 44.6 Å². The molecule has 94 valence electrons. The molecule has 17 heavy (non-hydrogen) atoms. The fraction of sp³-hybridized carbons (Fsp3) is 0.571. The Morgan fingerprint density at radius 2 is 1.94 bits per heavy atom. The molecule has 1 atom stereocenters. The minimum atomic E-state index is -0.482. The third-order valence-corrected chi connectivity index (χ3v) is 3.53. The second-order valence-electron chi connectivity index (χ2n) is 5.02. The maximum atomic E-state index is 13.2. The first kappa shape index (κ1) is 12.5. The Labute approximate surface area is 101 Å². The molecule has 1 saturated heterocycles. The highest BCUT2D eigenvalue weighted by atomic mass is 19.1. The first-order valence-corrected chi connectivity index (χ1v) is 6.33. The van der Waals surface area contributed by atoms with E-state index in [1.54, 1.807) is 0 Å². The van der Waals surface area contributed by atoms with Gasteiger partial charge in [0.25, 0.3) is 0 Å². The molecule has 1 N–H and O–H groups in total. The zero-order valence-corrected chi connectivity index (χ0v) is 10.2. The van der Waals surface area contributed by atoms with E-state index in [9.17, 15) is 8.78 Å². The van der Waals surface area contributed by atoms with Crippen LogP contribution in [0.15, 0.2) is 18.2 Å². The standard InChI is InChI=1S/C14H19F2N/c1-2-4-14(5-3-6-17-14)10-11-7-12(15)9-13(16)8-11/h7-9,17H,2-6,10H2,1H3. The molecule has 0 saturated carbocycles. The van der Waals surface area contributed by atoms with Gasteiger partial charge in [0.15, 0.2) is 0 Å². The molecule has 1 aliphatic heterocycles. The lowest BCUT2D eigenvalue weighted by Crippen LogP contribution is -2.41. The Morgan fingerprint density at radius 3 is 2.47 bits per heavy atom. The van der Waals surface area contributed by atoms with E-state index in [1.807, 2.05) is 0 Å². The van der Waals surface area contributed by atoms with Gasteiger partial charge in [-0.2, -0.15) is 0 Å². The van der Waals surface area contributed by atoms with Gasteiger partial charge in [-0.3, -0.25) is 0 Å². The first-order valence-electron chi connectivity index (χ1n) is 6.33. The number of rotatable bonds is 4. The molecule has 0 spiro atoms. The van der Waals surface area contributed by atoms with Crippen molar-refractivity contribution in [2.24, 2.45) is 0 Å². The molecule has 0 aromatic heterocycles. The average molecular weight is 239 g/mol. The van der Waals surface area contributed by atoms with E-state index >= 15 is 0 Å². The highest BCUT2D eigenvalue weighted by Crippen LogP contribution is 2.29. The Bertz CT molecular complexity index is 364. The zero-order chi connectivity index (χ0) is 12.3. The molecule has 1 aromatic carbocycles. The Hall–Kier alpha value is -0.960. The van der Waals surface area contributed by atoms with Gasteiger partial charge in [-0.15, -0.1) is 0 Å². The van der Waals surface area contributed by atoms with Crippen molar-refractivity contribution in [3.63, 3.8) is 0 Å². The smallest absolute Gasteiger partial charge is 0.126 e. The van der Waals surface area contributed by atoms with Crippen molar-refractivity contribution in [3.8, 4) is 0 Å². The van der Waals surface area contributed by atoms with E-state index in [-0.39, 0.29) is 5.54 Å². The van der Waals surface area contributed by atoms with Crippen LogP contribution in [-0.4, -0.2) is 12.1 Å². The van der Waals surface area contributed by atoms with Crippen LogP contribution in [0.1, 0.15) is 38.2 Å². The summed E-state index contributed by atoms with van der Waals surface area (Å²) < 4.78 is 26.3. The van der Waals surface area contributed by atoms with Crippen molar-refractivity contribution >= 4 is 0 Å². The summed E-state index contributed by atoms with van der Waals surface area (Å²) in [6.07, 6.45) is 5.11. The lowest BCUT2D eigenvalue weighted by Gasteiger charge is -2.29. The van der Waals surface area contributed by atoms with Crippen LogP contribution in [0.4, 0.5) is 8.78 Å². The molecule has 3 heteroatoms. The summed E-state index contributed by atoms with van der Waals surface area (Å²) in [5.74, 6) is -0.964. The van der Waals surface area contributed by atoms with Crippen LogP contribution in [0.2, 0.25) is 0 Å². The fourth-order valence-electron chi connectivity index (χ4n) is 2.90. The van der Waals surface area contributed by atoms with Gasteiger partial charge in [0.2, 0.25) is 0 Å². The molecule has 1 aromatic rings. The average Bonchev–Trinajstić information content (AvgIpc) is 2.65. The third-order valence-electron chi connectivity index (χ3n) is 3.53. The normalized spacial score (nSPS) is 24.2. The Balaban J connectivity index is 2.17. The molecular weight excluding hydrogens is 220 g/mol.